The maximum atomic E-state index is 12.5. The fraction of sp³-hybridized carbons (Fsp3) is 0.440. The van der Waals surface area contributed by atoms with E-state index in [0.717, 1.165) is 30.5 Å². The largest absolute Gasteiger partial charge is 0.352 e. The molecule has 1 N–H and O–H groups in total. The third kappa shape index (κ3) is 5.88. The van der Waals surface area contributed by atoms with Crippen LogP contribution < -0.4 is 5.32 Å². The minimum absolute atomic E-state index is 0.00617. The molecule has 1 fully saturated rings. The zero-order chi connectivity index (χ0) is 21.3. The summed E-state index contributed by atoms with van der Waals surface area (Å²) in [6, 6.07) is 17.8. The van der Waals surface area contributed by atoms with Crippen LogP contribution in [0.4, 0.5) is 0 Å². The first kappa shape index (κ1) is 22.4. The monoisotopic (exact) mass is 424 g/mol. The van der Waals surface area contributed by atoms with Crippen molar-refractivity contribution in [3.8, 4) is 0 Å². The summed E-state index contributed by atoms with van der Waals surface area (Å²) < 4.78 is 0. The van der Waals surface area contributed by atoms with E-state index in [4.69, 9.17) is 0 Å². The number of benzene rings is 2. The minimum atomic E-state index is -0.0206. The van der Waals surface area contributed by atoms with E-state index in [-0.39, 0.29) is 17.2 Å². The van der Waals surface area contributed by atoms with Crippen molar-refractivity contribution in [2.24, 2.45) is 5.92 Å². The van der Waals surface area contributed by atoms with Gasteiger partial charge in [-0.2, -0.15) is 0 Å². The Morgan fingerprint density at radius 3 is 2.53 bits per heavy atom. The molecular weight excluding hydrogens is 392 g/mol. The van der Waals surface area contributed by atoms with Crippen molar-refractivity contribution < 1.29 is 9.59 Å². The second-order valence-electron chi connectivity index (χ2n) is 7.92. The van der Waals surface area contributed by atoms with Crippen LogP contribution in [0.15, 0.2) is 54.6 Å². The van der Waals surface area contributed by atoms with Gasteiger partial charge in [0.05, 0.1) is 5.75 Å². The summed E-state index contributed by atoms with van der Waals surface area (Å²) in [6.07, 6.45) is 4.65. The molecule has 2 atom stereocenters. The lowest BCUT2D eigenvalue weighted by molar-refractivity contribution is -0.128. The van der Waals surface area contributed by atoms with Crippen LogP contribution in [0, 0.1) is 5.92 Å². The molecule has 1 heterocycles. The van der Waals surface area contributed by atoms with Crippen LogP contribution >= 0.6 is 11.8 Å². The summed E-state index contributed by atoms with van der Waals surface area (Å²) in [5, 5.41) is 3.08. The third-order valence-electron chi connectivity index (χ3n) is 5.72. The number of nitrogens with one attached hydrogen (secondary N) is 1. The van der Waals surface area contributed by atoms with Gasteiger partial charge in [0.25, 0.3) is 5.91 Å². The molecule has 2 amide bonds. The van der Waals surface area contributed by atoms with Crippen LogP contribution in [-0.4, -0.2) is 29.0 Å². The van der Waals surface area contributed by atoms with Crippen LogP contribution in [0.2, 0.25) is 0 Å². The first-order chi connectivity index (χ1) is 14.6. The highest BCUT2D eigenvalue weighted by Crippen LogP contribution is 2.39. The number of rotatable bonds is 10. The molecule has 1 aliphatic heterocycles. The molecule has 160 valence electrons. The van der Waals surface area contributed by atoms with Gasteiger partial charge in [-0.05, 0) is 35.6 Å². The van der Waals surface area contributed by atoms with Gasteiger partial charge in [-0.3, -0.25) is 9.59 Å². The summed E-state index contributed by atoms with van der Waals surface area (Å²) in [6.45, 7) is 5.72. The highest BCUT2D eigenvalue weighted by Gasteiger charge is 2.32. The molecule has 4 nitrogen and oxygen atoms in total. The molecule has 2 aromatic carbocycles. The van der Waals surface area contributed by atoms with E-state index in [1.807, 2.05) is 59.5 Å². The number of carbonyl (C=O) groups is 2. The number of hydrogen-bond donors (Lipinski definition) is 1. The minimum Gasteiger partial charge on any atom is -0.352 e. The number of nitrogens with zero attached hydrogens (tertiary/aromatic N) is 1. The third-order valence-corrected chi connectivity index (χ3v) is 6.97. The predicted molar refractivity (Wildman–Crippen MR) is 124 cm³/mol. The number of carbonyl (C=O) groups excluding carboxylic acids is 2. The Morgan fingerprint density at radius 1 is 1.13 bits per heavy atom. The van der Waals surface area contributed by atoms with E-state index < -0.39 is 0 Å². The SMILES string of the molecule is CCCC[C@H](CC)CNC(=O)c1ccc([C@@H]2SCC(=O)N2Cc2ccccc2)cc1. The van der Waals surface area contributed by atoms with Crippen LogP contribution in [0.1, 0.15) is 66.4 Å². The normalized spacial score (nSPS) is 17.2. The molecule has 0 unspecified atom stereocenters. The Morgan fingerprint density at radius 2 is 1.87 bits per heavy atom. The van der Waals surface area contributed by atoms with E-state index >= 15 is 0 Å². The van der Waals surface area contributed by atoms with Crippen molar-refractivity contribution in [3.05, 3.63) is 71.3 Å². The standard InChI is InChI=1S/C25H32N2O2S/c1-3-5-9-19(4-2)16-26-24(29)21-12-14-22(15-13-21)25-27(23(28)18-30-25)17-20-10-7-6-8-11-20/h6-8,10-15,19,25H,3-5,9,16-18H2,1-2H3,(H,26,29)/t19-,25-/m0/s1. The topological polar surface area (TPSA) is 49.4 Å². The van der Waals surface area contributed by atoms with Gasteiger partial charge in [-0.25, -0.2) is 0 Å². The number of amides is 2. The van der Waals surface area contributed by atoms with Gasteiger partial charge in [0, 0.05) is 18.7 Å². The van der Waals surface area contributed by atoms with E-state index in [2.05, 4.69) is 19.2 Å². The van der Waals surface area contributed by atoms with E-state index in [9.17, 15) is 9.59 Å². The Kier molecular flexibility index (Phi) is 8.38. The van der Waals surface area contributed by atoms with Crippen LogP contribution in [0.3, 0.4) is 0 Å². The highest BCUT2D eigenvalue weighted by atomic mass is 32.2. The lowest BCUT2D eigenvalue weighted by Crippen LogP contribution is -2.29. The first-order valence-corrected chi connectivity index (χ1v) is 12.0. The molecule has 1 aliphatic rings. The lowest BCUT2D eigenvalue weighted by Gasteiger charge is -2.24. The summed E-state index contributed by atoms with van der Waals surface area (Å²) in [7, 11) is 0. The van der Waals surface area contributed by atoms with Crippen molar-refractivity contribution >= 4 is 23.6 Å². The van der Waals surface area contributed by atoms with Gasteiger partial charge in [-0.1, -0.05) is 75.6 Å². The molecule has 0 spiro atoms. The maximum absolute atomic E-state index is 12.5. The maximum Gasteiger partial charge on any atom is 0.251 e. The predicted octanol–water partition coefficient (Wildman–Crippen LogP) is 5.41. The Bertz CT molecular complexity index is 823. The zero-order valence-corrected chi connectivity index (χ0v) is 18.8. The van der Waals surface area contributed by atoms with E-state index in [0.29, 0.717) is 23.8 Å². The van der Waals surface area contributed by atoms with Gasteiger partial charge in [-0.15, -0.1) is 11.8 Å². The molecule has 0 radical (unpaired) electrons. The Hall–Kier alpha value is -2.27. The van der Waals surface area contributed by atoms with Crippen molar-refractivity contribution in [2.45, 2.75) is 51.4 Å². The quantitative estimate of drug-likeness (QED) is 0.555. The molecule has 0 bridgehead atoms. The van der Waals surface area contributed by atoms with Gasteiger partial charge in [0.2, 0.25) is 5.91 Å². The first-order valence-electron chi connectivity index (χ1n) is 11.0. The fourth-order valence-electron chi connectivity index (χ4n) is 3.76. The molecule has 1 saturated heterocycles. The molecule has 3 rings (SSSR count). The van der Waals surface area contributed by atoms with Crippen LogP contribution in [0.25, 0.3) is 0 Å². The van der Waals surface area contributed by atoms with Crippen LogP contribution in [0.5, 0.6) is 0 Å². The average molecular weight is 425 g/mol. The summed E-state index contributed by atoms with van der Waals surface area (Å²) in [4.78, 5) is 26.9. The Labute approximate surface area is 184 Å². The van der Waals surface area contributed by atoms with Crippen LogP contribution in [-0.2, 0) is 11.3 Å². The molecular formula is C25H32N2O2S. The van der Waals surface area contributed by atoms with Crippen molar-refractivity contribution in [2.75, 3.05) is 12.3 Å². The second kappa shape index (κ2) is 11.2. The number of unbranched alkanes of at least 4 members (excludes halogenated alkanes) is 1. The number of hydrogen-bond acceptors (Lipinski definition) is 3. The van der Waals surface area contributed by atoms with Gasteiger partial charge < -0.3 is 10.2 Å². The van der Waals surface area contributed by atoms with Crippen molar-refractivity contribution in [1.82, 2.24) is 10.2 Å². The lowest BCUT2D eigenvalue weighted by atomic mass is 9.99. The van der Waals surface area contributed by atoms with E-state index in [1.165, 1.54) is 12.8 Å². The molecule has 0 saturated carbocycles. The summed E-state index contributed by atoms with van der Waals surface area (Å²) >= 11 is 1.65. The zero-order valence-electron chi connectivity index (χ0n) is 18.0. The molecule has 0 aromatic heterocycles. The van der Waals surface area contributed by atoms with Gasteiger partial charge in [0.15, 0.2) is 0 Å². The van der Waals surface area contributed by atoms with Gasteiger partial charge in [0.1, 0.15) is 5.37 Å². The summed E-state index contributed by atoms with van der Waals surface area (Å²) in [5.41, 5.74) is 2.86. The van der Waals surface area contributed by atoms with Crippen molar-refractivity contribution in [1.29, 1.82) is 0 Å². The molecule has 2 aromatic rings. The summed E-state index contributed by atoms with van der Waals surface area (Å²) in [5.74, 6) is 1.18. The molecule has 5 heteroatoms. The van der Waals surface area contributed by atoms with Gasteiger partial charge >= 0.3 is 0 Å². The average Bonchev–Trinajstić information content (AvgIpc) is 3.14. The second-order valence-corrected chi connectivity index (χ2v) is 8.99. The molecule has 30 heavy (non-hydrogen) atoms. The van der Waals surface area contributed by atoms with Crippen molar-refractivity contribution in [3.63, 3.8) is 0 Å². The number of thioether (sulfide) groups is 1. The Balaban J connectivity index is 1.61. The molecule has 0 aliphatic carbocycles. The smallest absolute Gasteiger partial charge is 0.251 e. The fourth-order valence-corrected chi connectivity index (χ4v) is 4.95. The van der Waals surface area contributed by atoms with E-state index in [1.54, 1.807) is 11.8 Å². The highest BCUT2D eigenvalue weighted by molar-refractivity contribution is 8.00.